The van der Waals surface area contributed by atoms with Crippen LogP contribution >= 0.6 is 0 Å². The van der Waals surface area contributed by atoms with Crippen molar-refractivity contribution in [2.75, 3.05) is 18.5 Å². The summed E-state index contributed by atoms with van der Waals surface area (Å²) in [5.41, 5.74) is 3.12. The van der Waals surface area contributed by atoms with Gasteiger partial charge in [-0.3, -0.25) is 0 Å². The number of halogens is 4. The Labute approximate surface area is 156 Å². The number of hydrogen-bond donors (Lipinski definition) is 1. The quantitative estimate of drug-likeness (QED) is 0.526. The fourth-order valence-electron chi connectivity index (χ4n) is 2.99. The standard InChI is InChI=1S/C17H15F4N7/c1-10-24-13-3-2-12(25-15(13)27(10)7-5-18)11-4-6-28-14(11)8-22-16(26-28)23-9-17(19,20)21/h2-4,6,8H,5,7,9H2,1H3,(H,23,26). The zero-order valence-corrected chi connectivity index (χ0v) is 14.7. The van der Waals surface area contributed by atoms with Crippen LogP contribution in [-0.2, 0) is 6.54 Å². The summed E-state index contributed by atoms with van der Waals surface area (Å²) in [6.45, 7) is 0.193. The van der Waals surface area contributed by atoms with Crippen LogP contribution in [0.5, 0.6) is 0 Å². The van der Waals surface area contributed by atoms with Crippen molar-refractivity contribution in [2.24, 2.45) is 0 Å². The van der Waals surface area contributed by atoms with Gasteiger partial charge < -0.3 is 9.88 Å². The van der Waals surface area contributed by atoms with Crippen LogP contribution in [0.4, 0.5) is 23.5 Å². The van der Waals surface area contributed by atoms with Gasteiger partial charge in [0.15, 0.2) is 5.65 Å². The molecule has 4 aromatic rings. The molecule has 146 valence electrons. The fraction of sp³-hybridized carbons (Fsp3) is 0.294. The van der Waals surface area contributed by atoms with Crippen LogP contribution in [0.1, 0.15) is 5.82 Å². The summed E-state index contributed by atoms with van der Waals surface area (Å²) < 4.78 is 53.0. The van der Waals surface area contributed by atoms with Crippen LogP contribution in [0.15, 0.2) is 30.6 Å². The highest BCUT2D eigenvalue weighted by Crippen LogP contribution is 2.26. The molecule has 0 unspecified atom stereocenters. The van der Waals surface area contributed by atoms with Crippen LogP contribution in [0.25, 0.3) is 27.9 Å². The first kappa shape index (κ1) is 18.1. The van der Waals surface area contributed by atoms with Gasteiger partial charge in [0.2, 0.25) is 5.95 Å². The van der Waals surface area contributed by atoms with Crippen molar-refractivity contribution in [3.05, 3.63) is 36.4 Å². The Bertz CT molecular complexity index is 1150. The number of nitrogens with one attached hydrogen (secondary N) is 1. The second-order valence-corrected chi connectivity index (χ2v) is 6.15. The van der Waals surface area contributed by atoms with E-state index in [0.29, 0.717) is 33.8 Å². The second-order valence-electron chi connectivity index (χ2n) is 6.15. The summed E-state index contributed by atoms with van der Waals surface area (Å²) in [5.74, 6) is 0.537. The van der Waals surface area contributed by atoms with Gasteiger partial charge in [-0.15, -0.1) is 5.10 Å². The Kier molecular flexibility index (Phi) is 4.36. The van der Waals surface area contributed by atoms with Crippen LogP contribution < -0.4 is 5.32 Å². The Morgan fingerprint density at radius 1 is 1.14 bits per heavy atom. The first-order valence-corrected chi connectivity index (χ1v) is 8.41. The first-order chi connectivity index (χ1) is 13.4. The number of anilines is 1. The third kappa shape index (κ3) is 3.35. The molecule has 4 heterocycles. The molecule has 0 aliphatic rings. The van der Waals surface area contributed by atoms with Gasteiger partial charge in [0.05, 0.1) is 24.0 Å². The van der Waals surface area contributed by atoms with E-state index in [0.717, 1.165) is 0 Å². The van der Waals surface area contributed by atoms with Crippen molar-refractivity contribution < 1.29 is 17.6 Å². The van der Waals surface area contributed by atoms with Gasteiger partial charge in [0.1, 0.15) is 24.6 Å². The molecule has 0 fully saturated rings. The minimum Gasteiger partial charge on any atom is -0.344 e. The Balaban J connectivity index is 1.72. The number of pyridine rings is 1. The van der Waals surface area contributed by atoms with E-state index in [4.69, 9.17) is 0 Å². The molecule has 0 radical (unpaired) electrons. The zero-order chi connectivity index (χ0) is 19.9. The topological polar surface area (TPSA) is 72.9 Å². The molecule has 0 saturated carbocycles. The second kappa shape index (κ2) is 6.73. The minimum absolute atomic E-state index is 0.132. The van der Waals surface area contributed by atoms with Gasteiger partial charge >= 0.3 is 6.18 Å². The van der Waals surface area contributed by atoms with Crippen LogP contribution in [0, 0.1) is 6.92 Å². The SMILES string of the molecule is Cc1nc2ccc(-c3ccn4nc(NCC(F)(F)F)ncc34)nc2n1CCF. The molecule has 0 aromatic carbocycles. The van der Waals surface area contributed by atoms with E-state index in [-0.39, 0.29) is 12.5 Å². The van der Waals surface area contributed by atoms with E-state index in [9.17, 15) is 17.6 Å². The largest absolute Gasteiger partial charge is 0.405 e. The van der Waals surface area contributed by atoms with E-state index in [2.05, 4.69) is 25.4 Å². The third-order valence-corrected chi connectivity index (χ3v) is 4.23. The van der Waals surface area contributed by atoms with Gasteiger partial charge in [-0.2, -0.15) is 13.2 Å². The molecule has 7 nitrogen and oxygen atoms in total. The number of nitrogens with zero attached hydrogens (tertiary/aromatic N) is 6. The number of aryl methyl sites for hydroxylation is 2. The third-order valence-electron chi connectivity index (χ3n) is 4.23. The molecular formula is C17H15F4N7. The molecule has 0 aliphatic carbocycles. The molecule has 0 bridgehead atoms. The van der Waals surface area contributed by atoms with E-state index >= 15 is 0 Å². The molecule has 1 N–H and O–H groups in total. The highest BCUT2D eigenvalue weighted by molar-refractivity contribution is 5.82. The van der Waals surface area contributed by atoms with Crippen molar-refractivity contribution in [1.29, 1.82) is 0 Å². The smallest absolute Gasteiger partial charge is 0.344 e. The Morgan fingerprint density at radius 2 is 1.96 bits per heavy atom. The number of fused-ring (bicyclic) bond motifs is 2. The molecule has 11 heteroatoms. The normalized spacial score (nSPS) is 12.2. The molecule has 0 spiro atoms. The Hall–Kier alpha value is -3.24. The van der Waals surface area contributed by atoms with E-state index in [1.54, 1.807) is 35.9 Å². The van der Waals surface area contributed by atoms with Crippen molar-refractivity contribution in [1.82, 2.24) is 29.1 Å². The summed E-state index contributed by atoms with van der Waals surface area (Å²) in [6.07, 6.45) is -1.32. The lowest BCUT2D eigenvalue weighted by Gasteiger charge is -2.08. The molecule has 0 amide bonds. The maximum absolute atomic E-state index is 12.8. The van der Waals surface area contributed by atoms with Gasteiger partial charge in [0.25, 0.3) is 0 Å². The molecule has 0 saturated heterocycles. The van der Waals surface area contributed by atoms with Gasteiger partial charge in [-0.25, -0.2) is 23.9 Å². The lowest BCUT2D eigenvalue weighted by molar-refractivity contribution is -0.115. The number of rotatable bonds is 5. The highest BCUT2D eigenvalue weighted by Gasteiger charge is 2.27. The van der Waals surface area contributed by atoms with Crippen molar-refractivity contribution >= 4 is 22.6 Å². The van der Waals surface area contributed by atoms with Gasteiger partial charge in [-0.05, 0) is 25.1 Å². The van der Waals surface area contributed by atoms with Gasteiger partial charge in [-0.1, -0.05) is 0 Å². The monoisotopic (exact) mass is 393 g/mol. The first-order valence-electron chi connectivity index (χ1n) is 8.41. The lowest BCUT2D eigenvalue weighted by atomic mass is 10.2. The summed E-state index contributed by atoms with van der Waals surface area (Å²) >= 11 is 0. The highest BCUT2D eigenvalue weighted by atomic mass is 19.4. The van der Waals surface area contributed by atoms with Crippen LogP contribution in [0.2, 0.25) is 0 Å². The maximum Gasteiger partial charge on any atom is 0.405 e. The van der Waals surface area contributed by atoms with E-state index in [1.807, 2.05) is 0 Å². The Morgan fingerprint density at radius 3 is 2.71 bits per heavy atom. The average molecular weight is 393 g/mol. The van der Waals surface area contributed by atoms with E-state index < -0.39 is 19.4 Å². The van der Waals surface area contributed by atoms with Crippen molar-refractivity contribution in [3.8, 4) is 11.3 Å². The fourth-order valence-corrected chi connectivity index (χ4v) is 2.99. The summed E-state index contributed by atoms with van der Waals surface area (Å²) in [4.78, 5) is 12.9. The zero-order valence-electron chi connectivity index (χ0n) is 14.7. The lowest BCUT2D eigenvalue weighted by Crippen LogP contribution is -2.22. The van der Waals surface area contributed by atoms with Crippen LogP contribution in [-0.4, -0.2) is 48.5 Å². The minimum atomic E-state index is -4.36. The van der Waals surface area contributed by atoms with Gasteiger partial charge in [0, 0.05) is 11.8 Å². The average Bonchev–Trinajstić information content (AvgIpc) is 3.20. The van der Waals surface area contributed by atoms with E-state index in [1.165, 1.54) is 10.7 Å². The molecule has 4 rings (SSSR count). The number of aromatic nitrogens is 6. The number of imidazole rings is 1. The molecule has 28 heavy (non-hydrogen) atoms. The summed E-state index contributed by atoms with van der Waals surface area (Å²) in [5, 5.41) is 6.18. The summed E-state index contributed by atoms with van der Waals surface area (Å²) in [7, 11) is 0. The predicted octanol–water partition coefficient (Wildman–Crippen LogP) is 3.39. The van der Waals surface area contributed by atoms with Crippen molar-refractivity contribution in [3.63, 3.8) is 0 Å². The number of alkyl halides is 4. The summed E-state index contributed by atoms with van der Waals surface area (Å²) in [6, 6.07) is 5.32. The maximum atomic E-state index is 12.8. The van der Waals surface area contributed by atoms with Crippen molar-refractivity contribution in [2.45, 2.75) is 19.6 Å². The number of hydrogen-bond acceptors (Lipinski definition) is 5. The van der Waals surface area contributed by atoms with Crippen LogP contribution in [0.3, 0.4) is 0 Å². The molecule has 0 aliphatic heterocycles. The molecular weight excluding hydrogens is 378 g/mol. The molecule has 0 atom stereocenters. The molecule has 4 aromatic heterocycles. The predicted molar refractivity (Wildman–Crippen MR) is 94.8 cm³/mol.